The van der Waals surface area contributed by atoms with Gasteiger partial charge in [-0.2, -0.15) is 0 Å². The molecule has 0 saturated carbocycles. The van der Waals surface area contributed by atoms with Gasteiger partial charge in [-0.15, -0.1) is 0 Å². The Labute approximate surface area is 165 Å². The molecule has 0 N–H and O–H groups in total. The molecule has 0 aliphatic heterocycles. The Balaban J connectivity index is 2.17. The van der Waals surface area contributed by atoms with Crippen LogP contribution in [0.25, 0.3) is 22.4 Å². The van der Waals surface area contributed by atoms with Gasteiger partial charge < -0.3 is 9.30 Å². The van der Waals surface area contributed by atoms with Crippen molar-refractivity contribution in [3.05, 3.63) is 35.4 Å². The van der Waals surface area contributed by atoms with Crippen LogP contribution in [0.3, 0.4) is 0 Å². The molecule has 0 spiro atoms. The highest BCUT2D eigenvalue weighted by molar-refractivity contribution is 6.33. The molecule has 27 heavy (non-hydrogen) atoms. The number of halogens is 1. The van der Waals surface area contributed by atoms with Crippen molar-refractivity contribution in [2.75, 3.05) is 7.11 Å². The second-order valence-corrected chi connectivity index (χ2v) is 7.10. The van der Waals surface area contributed by atoms with Crippen molar-refractivity contribution >= 4 is 22.8 Å². The molecule has 0 bridgehead atoms. The van der Waals surface area contributed by atoms with Gasteiger partial charge in [-0.1, -0.05) is 45.2 Å². The molecular formula is C21H27ClN4O. The first kappa shape index (κ1) is 19.6. The number of aryl methyl sites for hydroxylation is 1. The predicted molar refractivity (Wildman–Crippen MR) is 111 cm³/mol. The maximum absolute atomic E-state index is 6.51. The molecule has 0 aliphatic carbocycles. The number of unbranched alkanes of at least 4 members (excludes halogenated alkanes) is 1. The zero-order chi connectivity index (χ0) is 19.4. The first-order valence-electron chi connectivity index (χ1n) is 9.70. The van der Waals surface area contributed by atoms with Crippen LogP contribution in [0, 0.1) is 0 Å². The summed E-state index contributed by atoms with van der Waals surface area (Å²) in [7, 11) is 1.63. The summed E-state index contributed by atoms with van der Waals surface area (Å²) >= 11 is 6.51. The fourth-order valence-corrected chi connectivity index (χ4v) is 3.81. The maximum Gasteiger partial charge on any atom is 0.164 e. The van der Waals surface area contributed by atoms with Crippen LogP contribution in [-0.2, 0) is 6.42 Å². The van der Waals surface area contributed by atoms with Gasteiger partial charge in [0.25, 0.3) is 0 Å². The molecule has 1 aromatic carbocycles. The van der Waals surface area contributed by atoms with Gasteiger partial charge in [0.2, 0.25) is 0 Å². The molecule has 1 atom stereocenters. The van der Waals surface area contributed by atoms with Crippen LogP contribution in [-0.4, -0.2) is 26.6 Å². The molecule has 2 heterocycles. The van der Waals surface area contributed by atoms with Gasteiger partial charge in [-0.05, 0) is 31.0 Å². The topological polar surface area (TPSA) is 52.8 Å². The molecule has 0 fully saturated rings. The monoisotopic (exact) mass is 386 g/mol. The number of fused-ring (bicyclic) bond motifs is 1. The van der Waals surface area contributed by atoms with Crippen molar-refractivity contribution in [2.24, 2.45) is 0 Å². The summed E-state index contributed by atoms with van der Waals surface area (Å²) < 4.78 is 7.57. The lowest BCUT2D eigenvalue weighted by molar-refractivity contribution is 0.415. The molecule has 6 heteroatoms. The number of aromatic nitrogens is 4. The van der Waals surface area contributed by atoms with Crippen LogP contribution in [0.4, 0.5) is 0 Å². The Morgan fingerprint density at radius 1 is 1.19 bits per heavy atom. The molecular weight excluding hydrogens is 360 g/mol. The van der Waals surface area contributed by atoms with E-state index in [0.717, 1.165) is 53.3 Å². The van der Waals surface area contributed by atoms with Gasteiger partial charge >= 0.3 is 0 Å². The molecule has 0 aliphatic rings. The van der Waals surface area contributed by atoms with Crippen LogP contribution in [0.5, 0.6) is 5.75 Å². The Kier molecular flexibility index (Phi) is 6.32. The molecule has 0 amide bonds. The summed E-state index contributed by atoms with van der Waals surface area (Å²) in [6.07, 6.45) is 7.04. The van der Waals surface area contributed by atoms with Gasteiger partial charge in [0, 0.05) is 18.0 Å². The number of benzene rings is 1. The Hall–Kier alpha value is -2.14. The molecule has 1 unspecified atom stereocenters. The number of ether oxygens (including phenoxy) is 1. The van der Waals surface area contributed by atoms with E-state index >= 15 is 0 Å². The number of nitrogens with zero attached hydrogens (tertiary/aromatic N) is 4. The Morgan fingerprint density at radius 3 is 2.63 bits per heavy atom. The lowest BCUT2D eigenvalue weighted by Gasteiger charge is -2.19. The maximum atomic E-state index is 6.51. The summed E-state index contributed by atoms with van der Waals surface area (Å²) in [6.45, 7) is 6.59. The van der Waals surface area contributed by atoms with E-state index in [2.05, 4.69) is 35.3 Å². The molecule has 144 valence electrons. The minimum atomic E-state index is 0.402. The van der Waals surface area contributed by atoms with E-state index in [9.17, 15) is 0 Å². The minimum Gasteiger partial charge on any atom is -0.497 e. The second-order valence-electron chi connectivity index (χ2n) is 6.70. The van der Waals surface area contributed by atoms with Crippen LogP contribution in [0.1, 0.15) is 58.3 Å². The Bertz CT molecular complexity index is 922. The third-order valence-corrected chi connectivity index (χ3v) is 5.34. The number of hydrogen-bond donors (Lipinski definition) is 0. The first-order chi connectivity index (χ1) is 13.1. The highest BCUT2D eigenvalue weighted by Gasteiger charge is 2.21. The molecule has 2 aromatic heterocycles. The number of rotatable bonds is 8. The first-order valence-corrected chi connectivity index (χ1v) is 10.1. The SMILES string of the molecule is CCCCC(CC)n1c(CC)nc2c(-c3ccc(OC)cc3Cl)ncnc21. The summed E-state index contributed by atoms with van der Waals surface area (Å²) in [5.74, 6) is 1.78. The smallest absolute Gasteiger partial charge is 0.164 e. The summed E-state index contributed by atoms with van der Waals surface area (Å²) in [5, 5.41) is 0.597. The van der Waals surface area contributed by atoms with Crippen molar-refractivity contribution in [1.29, 1.82) is 0 Å². The molecule has 3 aromatic rings. The Morgan fingerprint density at radius 2 is 2.00 bits per heavy atom. The van der Waals surface area contributed by atoms with E-state index in [0.29, 0.717) is 11.1 Å². The third-order valence-electron chi connectivity index (χ3n) is 5.02. The zero-order valence-electron chi connectivity index (χ0n) is 16.5. The van der Waals surface area contributed by atoms with Crippen LogP contribution in [0.2, 0.25) is 5.02 Å². The lowest BCUT2D eigenvalue weighted by atomic mass is 10.1. The van der Waals surface area contributed by atoms with Gasteiger partial charge in [-0.3, -0.25) is 0 Å². The molecule has 5 nitrogen and oxygen atoms in total. The molecule has 3 rings (SSSR count). The van der Waals surface area contributed by atoms with Gasteiger partial charge in [0.15, 0.2) is 5.65 Å². The van der Waals surface area contributed by atoms with Crippen molar-refractivity contribution in [2.45, 2.75) is 58.9 Å². The van der Waals surface area contributed by atoms with Gasteiger partial charge in [0.05, 0.1) is 12.1 Å². The largest absolute Gasteiger partial charge is 0.497 e. The fraction of sp³-hybridized carbons (Fsp3) is 0.476. The molecule has 0 radical (unpaired) electrons. The highest BCUT2D eigenvalue weighted by Crippen LogP contribution is 2.35. The number of hydrogen-bond acceptors (Lipinski definition) is 4. The van der Waals surface area contributed by atoms with E-state index in [1.54, 1.807) is 19.5 Å². The minimum absolute atomic E-state index is 0.402. The fourth-order valence-electron chi connectivity index (χ4n) is 3.55. The average molecular weight is 387 g/mol. The third kappa shape index (κ3) is 3.79. The number of imidazole rings is 1. The van der Waals surface area contributed by atoms with Crippen molar-refractivity contribution < 1.29 is 4.74 Å². The molecule has 0 saturated heterocycles. The van der Waals surface area contributed by atoms with E-state index < -0.39 is 0 Å². The predicted octanol–water partition coefficient (Wildman–Crippen LogP) is 5.86. The summed E-state index contributed by atoms with van der Waals surface area (Å²) in [5.41, 5.74) is 3.33. The highest BCUT2D eigenvalue weighted by atomic mass is 35.5. The van der Waals surface area contributed by atoms with Crippen molar-refractivity contribution in [3.8, 4) is 17.0 Å². The van der Waals surface area contributed by atoms with E-state index in [1.165, 1.54) is 12.8 Å². The van der Waals surface area contributed by atoms with E-state index in [1.807, 2.05) is 12.1 Å². The number of methoxy groups -OCH3 is 1. The quantitative estimate of drug-likeness (QED) is 0.486. The summed E-state index contributed by atoms with van der Waals surface area (Å²) in [6, 6.07) is 6.03. The normalized spacial score (nSPS) is 12.5. The van der Waals surface area contributed by atoms with Crippen molar-refractivity contribution in [1.82, 2.24) is 19.5 Å². The zero-order valence-corrected chi connectivity index (χ0v) is 17.3. The van der Waals surface area contributed by atoms with E-state index in [4.69, 9.17) is 21.3 Å². The van der Waals surface area contributed by atoms with Gasteiger partial charge in [0.1, 0.15) is 29.1 Å². The van der Waals surface area contributed by atoms with Crippen LogP contribution < -0.4 is 4.74 Å². The average Bonchev–Trinajstić information content (AvgIpc) is 3.07. The lowest BCUT2D eigenvalue weighted by Crippen LogP contribution is -2.12. The van der Waals surface area contributed by atoms with Crippen LogP contribution >= 0.6 is 11.6 Å². The van der Waals surface area contributed by atoms with E-state index in [-0.39, 0.29) is 0 Å². The van der Waals surface area contributed by atoms with Crippen LogP contribution in [0.15, 0.2) is 24.5 Å². The van der Waals surface area contributed by atoms with Crippen molar-refractivity contribution in [3.63, 3.8) is 0 Å². The summed E-state index contributed by atoms with van der Waals surface area (Å²) in [4.78, 5) is 14.0. The van der Waals surface area contributed by atoms with Gasteiger partial charge in [-0.25, -0.2) is 15.0 Å². The second kappa shape index (κ2) is 8.70. The standard InChI is InChI=1S/C21H27ClN4O/c1-5-8-9-14(6-2)26-18(7-3)25-20-19(23-13-24-21(20)26)16-11-10-15(27-4)12-17(16)22/h10-14H,5-9H2,1-4H3.